The third-order valence-electron chi connectivity index (χ3n) is 4.05. The van der Waals surface area contributed by atoms with E-state index in [-0.39, 0.29) is 0 Å². The second kappa shape index (κ2) is 3.35. The molecule has 4 atom stereocenters. The van der Waals surface area contributed by atoms with Crippen LogP contribution in [-0.2, 0) is 0 Å². The summed E-state index contributed by atoms with van der Waals surface area (Å²) in [6, 6.07) is 0. The van der Waals surface area contributed by atoms with E-state index in [0.29, 0.717) is 0 Å². The van der Waals surface area contributed by atoms with Crippen LogP contribution in [0, 0.1) is 23.7 Å². The molecule has 2 heteroatoms. The Balaban J connectivity index is 1.98. The summed E-state index contributed by atoms with van der Waals surface area (Å²) in [6.45, 7) is 1.78. The summed E-state index contributed by atoms with van der Waals surface area (Å²) in [6.07, 6.45) is 5.52. The average Bonchev–Trinajstić information content (AvgIpc) is 2.60. The minimum atomic E-state index is 0.849. The maximum atomic E-state index is 5.78. The van der Waals surface area contributed by atoms with Crippen LogP contribution in [0.25, 0.3) is 0 Å². The molecule has 0 aromatic heterocycles. The summed E-state index contributed by atoms with van der Waals surface area (Å²) in [5.74, 6) is 3.66. The van der Waals surface area contributed by atoms with Crippen LogP contribution in [0.2, 0.25) is 0 Å². The Bertz CT molecular complexity index is 158. The van der Waals surface area contributed by atoms with Crippen molar-refractivity contribution in [3.63, 3.8) is 0 Å². The Kier molecular flexibility index (Phi) is 2.37. The van der Waals surface area contributed by atoms with Gasteiger partial charge >= 0.3 is 0 Å². The molecule has 0 amide bonds. The summed E-state index contributed by atoms with van der Waals surface area (Å²) in [5.41, 5.74) is 11.4. The topological polar surface area (TPSA) is 52.0 Å². The summed E-state index contributed by atoms with van der Waals surface area (Å²) in [7, 11) is 0. The SMILES string of the molecule is NCCC1CC2CCC1C2CN. The lowest BCUT2D eigenvalue weighted by Crippen LogP contribution is -2.21. The molecule has 4 unspecified atom stereocenters. The fraction of sp³-hybridized carbons (Fsp3) is 1.00. The Hall–Kier alpha value is -0.0800. The van der Waals surface area contributed by atoms with Gasteiger partial charge in [-0.1, -0.05) is 0 Å². The quantitative estimate of drug-likeness (QED) is 0.659. The monoisotopic (exact) mass is 168 g/mol. The molecule has 0 spiro atoms. The Morgan fingerprint density at radius 2 is 2.00 bits per heavy atom. The molecule has 2 rings (SSSR count). The van der Waals surface area contributed by atoms with Gasteiger partial charge in [-0.15, -0.1) is 0 Å². The van der Waals surface area contributed by atoms with Gasteiger partial charge in [0.05, 0.1) is 0 Å². The lowest BCUT2D eigenvalue weighted by Gasteiger charge is -2.21. The van der Waals surface area contributed by atoms with Crippen molar-refractivity contribution in [2.45, 2.75) is 25.7 Å². The molecular weight excluding hydrogens is 148 g/mol. The highest BCUT2D eigenvalue weighted by Gasteiger charge is 2.46. The molecular formula is C10H20N2. The van der Waals surface area contributed by atoms with Crippen molar-refractivity contribution in [2.24, 2.45) is 35.1 Å². The second-order valence-electron chi connectivity index (χ2n) is 4.47. The second-order valence-corrected chi connectivity index (χ2v) is 4.47. The molecule has 2 saturated carbocycles. The van der Waals surface area contributed by atoms with Gasteiger partial charge in [0.2, 0.25) is 0 Å². The first kappa shape index (κ1) is 8.52. The van der Waals surface area contributed by atoms with Gasteiger partial charge in [0.15, 0.2) is 0 Å². The van der Waals surface area contributed by atoms with Gasteiger partial charge in [-0.05, 0) is 62.4 Å². The highest BCUT2D eigenvalue weighted by Crippen LogP contribution is 2.53. The molecule has 2 aliphatic carbocycles. The van der Waals surface area contributed by atoms with Crippen molar-refractivity contribution in [1.29, 1.82) is 0 Å². The molecule has 0 radical (unpaired) electrons. The standard InChI is InChI=1S/C10H20N2/c11-4-3-8-5-7-1-2-9(8)10(7)6-12/h7-10H,1-6,11-12H2. The first-order chi connectivity index (χ1) is 5.86. The Labute approximate surface area is 74.7 Å². The molecule has 2 nitrogen and oxygen atoms in total. The van der Waals surface area contributed by atoms with Crippen LogP contribution in [-0.4, -0.2) is 13.1 Å². The fourth-order valence-electron chi connectivity index (χ4n) is 3.54. The molecule has 2 aliphatic rings. The maximum Gasteiger partial charge on any atom is -0.00435 e. The zero-order valence-electron chi connectivity index (χ0n) is 7.71. The van der Waals surface area contributed by atoms with Crippen LogP contribution >= 0.6 is 0 Å². The third-order valence-corrected chi connectivity index (χ3v) is 4.05. The number of fused-ring (bicyclic) bond motifs is 2. The number of hydrogen-bond acceptors (Lipinski definition) is 2. The van der Waals surface area contributed by atoms with Crippen LogP contribution in [0.15, 0.2) is 0 Å². The highest BCUT2D eigenvalue weighted by molar-refractivity contribution is 4.96. The molecule has 0 heterocycles. The van der Waals surface area contributed by atoms with Gasteiger partial charge in [0.1, 0.15) is 0 Å². The molecule has 4 N–H and O–H groups in total. The van der Waals surface area contributed by atoms with E-state index in [4.69, 9.17) is 11.5 Å². The van der Waals surface area contributed by atoms with E-state index in [2.05, 4.69) is 0 Å². The fourth-order valence-corrected chi connectivity index (χ4v) is 3.54. The van der Waals surface area contributed by atoms with E-state index in [0.717, 1.165) is 36.8 Å². The average molecular weight is 168 g/mol. The number of rotatable bonds is 3. The van der Waals surface area contributed by atoms with Gasteiger partial charge in [-0.2, -0.15) is 0 Å². The van der Waals surface area contributed by atoms with Crippen LogP contribution in [0.3, 0.4) is 0 Å². The normalized spacial score (nSPS) is 45.5. The molecule has 0 aromatic carbocycles. The van der Waals surface area contributed by atoms with Crippen molar-refractivity contribution in [1.82, 2.24) is 0 Å². The summed E-state index contributed by atoms with van der Waals surface area (Å²) < 4.78 is 0. The predicted octanol–water partition coefficient (Wildman–Crippen LogP) is 0.956. The van der Waals surface area contributed by atoms with Crippen molar-refractivity contribution >= 4 is 0 Å². The van der Waals surface area contributed by atoms with Crippen molar-refractivity contribution in [3.8, 4) is 0 Å². The maximum absolute atomic E-state index is 5.78. The highest BCUT2D eigenvalue weighted by atomic mass is 14.6. The van der Waals surface area contributed by atoms with Crippen LogP contribution in [0.1, 0.15) is 25.7 Å². The largest absolute Gasteiger partial charge is 0.330 e. The lowest BCUT2D eigenvalue weighted by molar-refractivity contribution is 0.304. The van der Waals surface area contributed by atoms with Gasteiger partial charge in [0.25, 0.3) is 0 Å². The van der Waals surface area contributed by atoms with E-state index in [1.54, 1.807) is 0 Å². The third kappa shape index (κ3) is 1.17. The molecule has 12 heavy (non-hydrogen) atoms. The van der Waals surface area contributed by atoms with Crippen molar-refractivity contribution < 1.29 is 0 Å². The Morgan fingerprint density at radius 3 is 2.58 bits per heavy atom. The molecule has 0 aromatic rings. The van der Waals surface area contributed by atoms with E-state index in [1.165, 1.54) is 25.7 Å². The van der Waals surface area contributed by atoms with Crippen LogP contribution < -0.4 is 11.5 Å². The van der Waals surface area contributed by atoms with Crippen molar-refractivity contribution in [2.75, 3.05) is 13.1 Å². The lowest BCUT2D eigenvalue weighted by atomic mass is 9.86. The van der Waals surface area contributed by atoms with E-state index in [1.807, 2.05) is 0 Å². The minimum Gasteiger partial charge on any atom is -0.330 e. The van der Waals surface area contributed by atoms with Gasteiger partial charge < -0.3 is 11.5 Å². The van der Waals surface area contributed by atoms with E-state index in [9.17, 15) is 0 Å². The zero-order chi connectivity index (χ0) is 8.55. The van der Waals surface area contributed by atoms with E-state index >= 15 is 0 Å². The first-order valence-corrected chi connectivity index (χ1v) is 5.27. The minimum absolute atomic E-state index is 0.849. The summed E-state index contributed by atoms with van der Waals surface area (Å²) in [4.78, 5) is 0. The smallest absolute Gasteiger partial charge is 0.00435 e. The Morgan fingerprint density at radius 1 is 1.17 bits per heavy atom. The predicted molar refractivity (Wildman–Crippen MR) is 50.5 cm³/mol. The first-order valence-electron chi connectivity index (χ1n) is 5.27. The van der Waals surface area contributed by atoms with Gasteiger partial charge in [-0.3, -0.25) is 0 Å². The number of hydrogen-bond donors (Lipinski definition) is 2. The van der Waals surface area contributed by atoms with Crippen molar-refractivity contribution in [3.05, 3.63) is 0 Å². The van der Waals surface area contributed by atoms with Crippen LogP contribution in [0.4, 0.5) is 0 Å². The molecule has 2 bridgehead atoms. The van der Waals surface area contributed by atoms with Gasteiger partial charge in [-0.25, -0.2) is 0 Å². The number of nitrogens with two attached hydrogens (primary N) is 2. The molecule has 2 fully saturated rings. The van der Waals surface area contributed by atoms with Crippen LogP contribution in [0.5, 0.6) is 0 Å². The van der Waals surface area contributed by atoms with E-state index < -0.39 is 0 Å². The molecule has 0 aliphatic heterocycles. The molecule has 70 valence electrons. The molecule has 0 saturated heterocycles. The van der Waals surface area contributed by atoms with Gasteiger partial charge in [0, 0.05) is 0 Å². The summed E-state index contributed by atoms with van der Waals surface area (Å²) in [5, 5.41) is 0. The summed E-state index contributed by atoms with van der Waals surface area (Å²) >= 11 is 0. The zero-order valence-corrected chi connectivity index (χ0v) is 7.71.